The topological polar surface area (TPSA) is 38.7 Å². The highest BCUT2D eigenvalue weighted by molar-refractivity contribution is 6.38. The lowest BCUT2D eigenvalue weighted by atomic mass is 9.98. The second kappa shape index (κ2) is 4.82. The highest BCUT2D eigenvalue weighted by Crippen LogP contribution is 2.25. The number of oxime groups is 1. The molecule has 13 heavy (non-hydrogen) atoms. The third kappa shape index (κ3) is 3.16. The summed E-state index contributed by atoms with van der Waals surface area (Å²) in [7, 11) is 0. The minimum atomic E-state index is -0.437. The first-order valence-electron chi connectivity index (χ1n) is 4.13. The second-order valence-corrected chi connectivity index (χ2v) is 4.01. The molecule has 5 heteroatoms. The van der Waals surface area contributed by atoms with E-state index in [4.69, 9.17) is 23.2 Å². The lowest BCUT2D eigenvalue weighted by molar-refractivity contribution is -0.140. The van der Waals surface area contributed by atoms with Crippen LogP contribution in [0.4, 0.5) is 0 Å². The van der Waals surface area contributed by atoms with Crippen molar-refractivity contribution in [3.05, 3.63) is 0 Å². The number of halogens is 2. The van der Waals surface area contributed by atoms with E-state index in [0.29, 0.717) is 5.71 Å². The number of hydrogen-bond acceptors (Lipinski definition) is 3. The predicted octanol–water partition coefficient (Wildman–Crippen LogP) is 2.30. The van der Waals surface area contributed by atoms with Gasteiger partial charge in [0, 0.05) is 6.92 Å². The van der Waals surface area contributed by atoms with Gasteiger partial charge in [-0.1, -0.05) is 5.16 Å². The van der Waals surface area contributed by atoms with Crippen LogP contribution in [0.5, 0.6) is 0 Å². The van der Waals surface area contributed by atoms with Crippen LogP contribution in [0, 0.1) is 0 Å². The summed E-state index contributed by atoms with van der Waals surface area (Å²) in [4.78, 5) is 15.0. The molecule has 1 saturated carbocycles. The molecule has 0 saturated heterocycles. The van der Waals surface area contributed by atoms with Crippen molar-refractivity contribution >= 4 is 34.9 Å². The Morgan fingerprint density at radius 1 is 1.62 bits per heavy atom. The van der Waals surface area contributed by atoms with Crippen molar-refractivity contribution in [1.82, 2.24) is 0 Å². The van der Waals surface area contributed by atoms with Crippen LogP contribution in [0.2, 0.25) is 0 Å². The first-order chi connectivity index (χ1) is 6.11. The normalized spacial score (nSPS) is 31.8. The first-order valence-corrected chi connectivity index (χ1v) is 5.01. The zero-order valence-electron chi connectivity index (χ0n) is 7.30. The van der Waals surface area contributed by atoms with Crippen LogP contribution in [0.15, 0.2) is 5.16 Å². The van der Waals surface area contributed by atoms with Gasteiger partial charge in [0.1, 0.15) is 0 Å². The van der Waals surface area contributed by atoms with Crippen LogP contribution >= 0.6 is 23.2 Å². The molecule has 1 aliphatic rings. The summed E-state index contributed by atoms with van der Waals surface area (Å²) >= 11 is 11.9. The van der Waals surface area contributed by atoms with E-state index in [1.165, 1.54) is 6.92 Å². The van der Waals surface area contributed by atoms with Gasteiger partial charge in [0.05, 0.1) is 16.5 Å². The molecule has 3 nitrogen and oxygen atoms in total. The average molecular weight is 224 g/mol. The molecule has 0 aliphatic heterocycles. The van der Waals surface area contributed by atoms with Crippen molar-refractivity contribution < 1.29 is 9.63 Å². The molecular formula is C8H11Cl2NO2. The fourth-order valence-electron chi connectivity index (χ4n) is 1.19. The molecule has 1 fully saturated rings. The second-order valence-electron chi connectivity index (χ2n) is 2.98. The van der Waals surface area contributed by atoms with Crippen molar-refractivity contribution in [1.29, 1.82) is 0 Å². The van der Waals surface area contributed by atoms with Gasteiger partial charge in [-0.05, 0) is 19.3 Å². The van der Waals surface area contributed by atoms with Gasteiger partial charge in [0.25, 0.3) is 0 Å². The highest BCUT2D eigenvalue weighted by Gasteiger charge is 2.27. The molecule has 0 heterocycles. The lowest BCUT2D eigenvalue weighted by Crippen LogP contribution is -2.30. The zero-order valence-corrected chi connectivity index (χ0v) is 8.81. The SMILES string of the molecule is CC(=O)ON=C1CCCC(Cl)C1Cl. The molecule has 1 aliphatic carbocycles. The Morgan fingerprint density at radius 2 is 2.31 bits per heavy atom. The monoisotopic (exact) mass is 223 g/mol. The van der Waals surface area contributed by atoms with Gasteiger partial charge in [-0.15, -0.1) is 23.2 Å². The molecule has 0 bridgehead atoms. The van der Waals surface area contributed by atoms with Crippen molar-refractivity contribution in [2.45, 2.75) is 36.9 Å². The van der Waals surface area contributed by atoms with Gasteiger partial charge < -0.3 is 4.84 Å². The lowest BCUT2D eigenvalue weighted by Gasteiger charge is -2.22. The van der Waals surface area contributed by atoms with E-state index in [2.05, 4.69) is 9.99 Å². The Hall–Kier alpha value is -0.280. The summed E-state index contributed by atoms with van der Waals surface area (Å²) in [6, 6.07) is 0. The van der Waals surface area contributed by atoms with Crippen LogP contribution in [0.3, 0.4) is 0 Å². The van der Waals surface area contributed by atoms with Crippen molar-refractivity contribution in [2.75, 3.05) is 0 Å². The number of carbonyl (C=O) groups excluding carboxylic acids is 1. The van der Waals surface area contributed by atoms with E-state index in [1.54, 1.807) is 0 Å². The summed E-state index contributed by atoms with van der Waals surface area (Å²) in [5.74, 6) is -0.437. The first kappa shape index (κ1) is 10.8. The Labute approximate surface area is 87.0 Å². The van der Waals surface area contributed by atoms with Crippen LogP contribution in [0.25, 0.3) is 0 Å². The molecule has 74 valence electrons. The number of hydrogen-bond donors (Lipinski definition) is 0. The van der Waals surface area contributed by atoms with E-state index in [1.807, 2.05) is 0 Å². The zero-order chi connectivity index (χ0) is 9.84. The molecule has 1 rings (SSSR count). The summed E-state index contributed by atoms with van der Waals surface area (Å²) in [5.41, 5.74) is 0.670. The van der Waals surface area contributed by atoms with Gasteiger partial charge in [0.15, 0.2) is 0 Å². The minimum absolute atomic E-state index is 0.107. The molecule has 2 atom stereocenters. The Bertz CT molecular complexity index is 230. The van der Waals surface area contributed by atoms with Crippen molar-refractivity contribution in [3.8, 4) is 0 Å². The Balaban J connectivity index is 2.56. The molecule has 0 aromatic heterocycles. The van der Waals surface area contributed by atoms with Crippen LogP contribution in [-0.4, -0.2) is 22.4 Å². The quantitative estimate of drug-likeness (QED) is 0.389. The summed E-state index contributed by atoms with van der Waals surface area (Å²) in [6.07, 6.45) is 2.58. The minimum Gasteiger partial charge on any atom is -0.319 e. The number of alkyl halides is 2. The predicted molar refractivity (Wildman–Crippen MR) is 52.3 cm³/mol. The van der Waals surface area contributed by atoms with Gasteiger partial charge in [0.2, 0.25) is 0 Å². The molecule has 0 radical (unpaired) electrons. The van der Waals surface area contributed by atoms with E-state index < -0.39 is 5.97 Å². The Kier molecular flexibility index (Phi) is 4.00. The van der Waals surface area contributed by atoms with Crippen LogP contribution < -0.4 is 0 Å². The van der Waals surface area contributed by atoms with Crippen LogP contribution in [0.1, 0.15) is 26.2 Å². The largest absolute Gasteiger partial charge is 0.331 e. The molecule has 0 aromatic rings. The summed E-state index contributed by atoms with van der Waals surface area (Å²) in [5, 5.41) is 3.25. The average Bonchev–Trinajstić information content (AvgIpc) is 2.07. The molecule has 2 unspecified atom stereocenters. The van der Waals surface area contributed by atoms with Crippen molar-refractivity contribution in [2.24, 2.45) is 5.16 Å². The summed E-state index contributed by atoms with van der Waals surface area (Å²) < 4.78 is 0. The maximum absolute atomic E-state index is 10.5. The maximum Gasteiger partial charge on any atom is 0.331 e. The van der Waals surface area contributed by atoms with Crippen molar-refractivity contribution in [3.63, 3.8) is 0 Å². The molecule has 0 amide bonds. The third-order valence-corrected chi connectivity index (χ3v) is 3.00. The molecule has 0 aromatic carbocycles. The standard InChI is InChI=1S/C8H11Cl2NO2/c1-5(12)13-11-7-4-2-3-6(9)8(7)10/h6,8H,2-4H2,1H3. The van der Waals surface area contributed by atoms with E-state index in [-0.39, 0.29) is 10.8 Å². The summed E-state index contributed by atoms with van der Waals surface area (Å²) in [6.45, 7) is 1.30. The van der Waals surface area contributed by atoms with Gasteiger partial charge >= 0.3 is 5.97 Å². The number of nitrogens with zero attached hydrogens (tertiary/aromatic N) is 1. The fourth-order valence-corrected chi connectivity index (χ4v) is 1.76. The molecule has 0 spiro atoms. The number of carbonyl (C=O) groups is 1. The van der Waals surface area contributed by atoms with Gasteiger partial charge in [-0.25, -0.2) is 4.79 Å². The van der Waals surface area contributed by atoms with Crippen LogP contribution in [-0.2, 0) is 9.63 Å². The van der Waals surface area contributed by atoms with Gasteiger partial charge in [-0.2, -0.15) is 0 Å². The third-order valence-electron chi connectivity index (χ3n) is 1.84. The maximum atomic E-state index is 10.5. The van der Waals surface area contributed by atoms with Gasteiger partial charge in [-0.3, -0.25) is 0 Å². The highest BCUT2D eigenvalue weighted by atomic mass is 35.5. The number of rotatable bonds is 1. The smallest absolute Gasteiger partial charge is 0.319 e. The fraction of sp³-hybridized carbons (Fsp3) is 0.750. The van der Waals surface area contributed by atoms with E-state index in [9.17, 15) is 4.79 Å². The Morgan fingerprint density at radius 3 is 2.92 bits per heavy atom. The van der Waals surface area contributed by atoms with E-state index >= 15 is 0 Å². The molecular weight excluding hydrogens is 213 g/mol. The molecule has 0 N–H and O–H groups in total. The van der Waals surface area contributed by atoms with E-state index in [0.717, 1.165) is 19.3 Å².